The zero-order chi connectivity index (χ0) is 15.5. The molecule has 0 amide bonds. The van der Waals surface area contributed by atoms with Crippen LogP contribution in [-0.4, -0.2) is 27.6 Å². The summed E-state index contributed by atoms with van der Waals surface area (Å²) in [6.45, 7) is 0. The summed E-state index contributed by atoms with van der Waals surface area (Å²) in [5.74, 6) is 0.852. The summed E-state index contributed by atoms with van der Waals surface area (Å²) in [6, 6.07) is 7.63. The number of hydrogen-bond donors (Lipinski definition) is 1. The Morgan fingerprint density at radius 1 is 1.19 bits per heavy atom. The maximum absolute atomic E-state index is 12.4. The fourth-order valence-corrected chi connectivity index (χ4v) is 3.18. The van der Waals surface area contributed by atoms with Crippen LogP contribution in [0, 0.1) is 0 Å². The molecular formula is C13H13ClN2O4S. The Hall–Kier alpha value is -1.99. The molecule has 0 aliphatic heterocycles. The van der Waals surface area contributed by atoms with Crippen LogP contribution in [-0.2, 0) is 10.0 Å². The van der Waals surface area contributed by atoms with Crippen LogP contribution in [0.15, 0.2) is 41.4 Å². The average Bonchev–Trinajstić information content (AvgIpc) is 2.47. The molecule has 0 atom stereocenters. The maximum atomic E-state index is 12.4. The third-order valence-electron chi connectivity index (χ3n) is 2.67. The van der Waals surface area contributed by atoms with Crippen LogP contribution in [0.4, 0.5) is 5.69 Å². The summed E-state index contributed by atoms with van der Waals surface area (Å²) < 4.78 is 37.3. The van der Waals surface area contributed by atoms with Gasteiger partial charge in [0.2, 0.25) is 0 Å². The SMILES string of the molecule is COc1ccc(OC)c(NS(=O)(=O)c2cccnc2Cl)c1. The highest BCUT2D eigenvalue weighted by molar-refractivity contribution is 7.92. The van der Waals surface area contributed by atoms with Gasteiger partial charge in [-0.2, -0.15) is 0 Å². The van der Waals surface area contributed by atoms with E-state index in [2.05, 4.69) is 9.71 Å². The van der Waals surface area contributed by atoms with Gasteiger partial charge in [-0.05, 0) is 24.3 Å². The van der Waals surface area contributed by atoms with Crippen molar-refractivity contribution in [2.75, 3.05) is 18.9 Å². The molecule has 112 valence electrons. The lowest BCUT2D eigenvalue weighted by Crippen LogP contribution is -2.14. The monoisotopic (exact) mass is 328 g/mol. The number of nitrogens with zero attached hydrogens (tertiary/aromatic N) is 1. The maximum Gasteiger partial charge on any atom is 0.265 e. The minimum absolute atomic E-state index is 0.105. The molecule has 0 unspecified atom stereocenters. The van der Waals surface area contributed by atoms with Gasteiger partial charge >= 0.3 is 0 Å². The van der Waals surface area contributed by atoms with E-state index in [9.17, 15) is 8.42 Å². The highest BCUT2D eigenvalue weighted by Gasteiger charge is 2.20. The molecule has 2 rings (SSSR count). The predicted octanol–water partition coefficient (Wildman–Crippen LogP) is 2.55. The lowest BCUT2D eigenvalue weighted by molar-refractivity contribution is 0.405. The van der Waals surface area contributed by atoms with Crippen LogP contribution in [0.5, 0.6) is 11.5 Å². The number of aromatic nitrogens is 1. The van der Waals surface area contributed by atoms with Crippen molar-refractivity contribution in [3.05, 3.63) is 41.7 Å². The highest BCUT2D eigenvalue weighted by Crippen LogP contribution is 2.31. The van der Waals surface area contributed by atoms with E-state index in [1.807, 2.05) is 0 Å². The number of rotatable bonds is 5. The Morgan fingerprint density at radius 3 is 2.57 bits per heavy atom. The Labute approximate surface area is 127 Å². The first-order chi connectivity index (χ1) is 9.97. The Morgan fingerprint density at radius 2 is 1.95 bits per heavy atom. The van der Waals surface area contributed by atoms with E-state index in [0.717, 1.165) is 0 Å². The molecule has 0 aliphatic carbocycles. The standard InChI is InChI=1S/C13H13ClN2O4S/c1-19-9-5-6-11(20-2)10(8-9)16-21(17,18)12-4-3-7-15-13(12)14/h3-8,16H,1-2H3. The minimum Gasteiger partial charge on any atom is -0.497 e. The molecular weight excluding hydrogens is 316 g/mol. The van der Waals surface area contributed by atoms with Gasteiger partial charge in [-0.25, -0.2) is 13.4 Å². The number of anilines is 1. The summed E-state index contributed by atoms with van der Waals surface area (Å²) in [4.78, 5) is 3.64. The van der Waals surface area contributed by atoms with E-state index in [0.29, 0.717) is 11.5 Å². The fraction of sp³-hybridized carbons (Fsp3) is 0.154. The van der Waals surface area contributed by atoms with Crippen molar-refractivity contribution in [1.29, 1.82) is 0 Å². The smallest absolute Gasteiger partial charge is 0.265 e. The molecule has 0 spiro atoms. The van der Waals surface area contributed by atoms with Gasteiger partial charge in [-0.1, -0.05) is 11.6 Å². The van der Waals surface area contributed by atoms with Crippen LogP contribution in [0.2, 0.25) is 5.15 Å². The van der Waals surface area contributed by atoms with Crippen molar-refractivity contribution in [3.63, 3.8) is 0 Å². The predicted molar refractivity (Wildman–Crippen MR) is 79.6 cm³/mol. The normalized spacial score (nSPS) is 11.0. The van der Waals surface area contributed by atoms with Crippen LogP contribution >= 0.6 is 11.6 Å². The molecule has 0 radical (unpaired) electrons. The fourth-order valence-electron chi connectivity index (χ4n) is 1.67. The summed E-state index contributed by atoms with van der Waals surface area (Å²) in [7, 11) is -0.956. The summed E-state index contributed by atoms with van der Waals surface area (Å²) in [5, 5.41) is -0.105. The number of methoxy groups -OCH3 is 2. The van der Waals surface area contributed by atoms with Gasteiger partial charge in [0.05, 0.1) is 19.9 Å². The molecule has 0 saturated carbocycles. The van der Waals surface area contributed by atoms with Crippen molar-refractivity contribution < 1.29 is 17.9 Å². The number of halogens is 1. The molecule has 0 bridgehead atoms. The Kier molecular flexibility index (Phi) is 4.54. The van der Waals surface area contributed by atoms with Crippen molar-refractivity contribution in [1.82, 2.24) is 4.98 Å². The summed E-state index contributed by atoms with van der Waals surface area (Å²) >= 11 is 5.82. The summed E-state index contributed by atoms with van der Waals surface area (Å²) in [5.41, 5.74) is 0.247. The Balaban J connectivity index is 2.43. The van der Waals surface area contributed by atoms with Crippen LogP contribution in [0.25, 0.3) is 0 Å². The molecule has 1 aromatic carbocycles. The quantitative estimate of drug-likeness (QED) is 0.853. The number of hydrogen-bond acceptors (Lipinski definition) is 5. The number of ether oxygens (including phenoxy) is 2. The van der Waals surface area contributed by atoms with Crippen LogP contribution in [0.1, 0.15) is 0 Å². The second kappa shape index (κ2) is 6.19. The first-order valence-electron chi connectivity index (χ1n) is 5.83. The van der Waals surface area contributed by atoms with Gasteiger partial charge < -0.3 is 9.47 Å². The topological polar surface area (TPSA) is 77.5 Å². The molecule has 2 aromatic rings. The van der Waals surface area contributed by atoms with Gasteiger partial charge in [-0.15, -0.1) is 0 Å². The third-order valence-corrected chi connectivity index (χ3v) is 4.48. The summed E-state index contributed by atoms with van der Waals surface area (Å²) in [6.07, 6.45) is 1.41. The van der Waals surface area contributed by atoms with Gasteiger partial charge in [0.1, 0.15) is 21.5 Å². The third kappa shape index (κ3) is 3.37. The zero-order valence-electron chi connectivity index (χ0n) is 11.3. The number of pyridine rings is 1. The lowest BCUT2D eigenvalue weighted by Gasteiger charge is -2.13. The molecule has 6 nitrogen and oxygen atoms in total. The lowest BCUT2D eigenvalue weighted by atomic mass is 10.3. The van der Waals surface area contributed by atoms with Crippen molar-refractivity contribution >= 4 is 27.3 Å². The molecule has 21 heavy (non-hydrogen) atoms. The van der Waals surface area contributed by atoms with Crippen LogP contribution < -0.4 is 14.2 Å². The van der Waals surface area contributed by atoms with Gasteiger partial charge in [0.25, 0.3) is 10.0 Å². The first kappa shape index (κ1) is 15.4. The average molecular weight is 329 g/mol. The van der Waals surface area contributed by atoms with Crippen molar-refractivity contribution in [2.24, 2.45) is 0 Å². The zero-order valence-corrected chi connectivity index (χ0v) is 12.9. The second-order valence-electron chi connectivity index (χ2n) is 3.96. The molecule has 8 heteroatoms. The Bertz CT molecular complexity index is 750. The molecule has 1 aromatic heterocycles. The first-order valence-corrected chi connectivity index (χ1v) is 7.69. The van der Waals surface area contributed by atoms with Gasteiger partial charge in [-0.3, -0.25) is 4.72 Å². The van der Waals surface area contributed by atoms with E-state index < -0.39 is 10.0 Å². The largest absolute Gasteiger partial charge is 0.497 e. The highest BCUT2D eigenvalue weighted by atomic mass is 35.5. The van der Waals surface area contributed by atoms with Gasteiger partial charge in [0.15, 0.2) is 0 Å². The van der Waals surface area contributed by atoms with Gasteiger partial charge in [0, 0.05) is 12.3 Å². The van der Waals surface area contributed by atoms with E-state index in [1.165, 1.54) is 38.6 Å². The second-order valence-corrected chi connectivity index (χ2v) is 5.97. The van der Waals surface area contributed by atoms with E-state index in [-0.39, 0.29) is 15.7 Å². The van der Waals surface area contributed by atoms with E-state index in [4.69, 9.17) is 21.1 Å². The number of benzene rings is 1. The molecule has 0 aliphatic rings. The van der Waals surface area contributed by atoms with E-state index >= 15 is 0 Å². The minimum atomic E-state index is -3.88. The van der Waals surface area contributed by atoms with Crippen molar-refractivity contribution in [2.45, 2.75) is 4.90 Å². The molecule has 1 N–H and O–H groups in total. The van der Waals surface area contributed by atoms with E-state index in [1.54, 1.807) is 12.1 Å². The molecule has 0 fully saturated rings. The number of sulfonamides is 1. The van der Waals surface area contributed by atoms with Crippen LogP contribution in [0.3, 0.4) is 0 Å². The number of nitrogens with one attached hydrogen (secondary N) is 1. The molecule has 1 heterocycles. The molecule has 0 saturated heterocycles. The van der Waals surface area contributed by atoms with Crippen molar-refractivity contribution in [3.8, 4) is 11.5 Å².